The van der Waals surface area contributed by atoms with Gasteiger partial charge in [-0.25, -0.2) is 0 Å². The van der Waals surface area contributed by atoms with Gasteiger partial charge < -0.3 is 15.5 Å². The Morgan fingerprint density at radius 3 is 3.00 bits per heavy atom. The third-order valence-electron chi connectivity index (χ3n) is 2.67. The molecule has 18 heavy (non-hydrogen) atoms. The maximum atomic E-state index is 11.4. The average Bonchev–Trinajstić information content (AvgIpc) is 2.70. The Morgan fingerprint density at radius 1 is 1.50 bits per heavy atom. The summed E-state index contributed by atoms with van der Waals surface area (Å²) >= 11 is 5.91. The minimum Gasteiger partial charge on any atom is -0.465 e. The van der Waals surface area contributed by atoms with E-state index in [1.165, 1.54) is 0 Å². The van der Waals surface area contributed by atoms with E-state index in [2.05, 4.69) is 4.98 Å². The normalized spacial score (nSPS) is 12.6. The first-order valence-corrected chi connectivity index (χ1v) is 6.17. The molecule has 0 radical (unpaired) electrons. The lowest BCUT2D eigenvalue weighted by Crippen LogP contribution is -2.34. The fourth-order valence-corrected chi connectivity index (χ4v) is 2.02. The molecule has 0 saturated heterocycles. The number of hydrogen-bond acceptors (Lipinski definition) is 3. The molecule has 1 aromatic carbocycles. The largest absolute Gasteiger partial charge is 0.465 e. The molecular formula is C13H15ClN2O2. The molecule has 0 fully saturated rings. The summed E-state index contributed by atoms with van der Waals surface area (Å²) in [7, 11) is 0. The second-order valence-electron chi connectivity index (χ2n) is 4.09. The van der Waals surface area contributed by atoms with E-state index in [9.17, 15) is 4.79 Å². The quantitative estimate of drug-likeness (QED) is 0.834. The molecule has 1 aromatic heterocycles. The summed E-state index contributed by atoms with van der Waals surface area (Å²) in [5, 5.41) is 1.69. The number of nitrogens with one attached hydrogen (secondary N) is 1. The SMILES string of the molecule is CCOC(=O)C(N)Cc1cc2cc(Cl)ccc2[nH]1. The van der Waals surface area contributed by atoms with Crippen molar-refractivity contribution >= 4 is 28.5 Å². The van der Waals surface area contributed by atoms with Crippen LogP contribution < -0.4 is 5.73 Å². The number of benzene rings is 1. The van der Waals surface area contributed by atoms with Gasteiger partial charge >= 0.3 is 5.97 Å². The van der Waals surface area contributed by atoms with Gasteiger partial charge in [0.2, 0.25) is 0 Å². The van der Waals surface area contributed by atoms with Crippen LogP contribution in [0.15, 0.2) is 24.3 Å². The molecule has 1 unspecified atom stereocenters. The highest BCUT2D eigenvalue weighted by Gasteiger charge is 2.16. The molecule has 3 N–H and O–H groups in total. The predicted octanol–water partition coefficient (Wildman–Crippen LogP) is 2.25. The van der Waals surface area contributed by atoms with Crippen molar-refractivity contribution in [3.05, 3.63) is 35.0 Å². The number of aromatic nitrogens is 1. The topological polar surface area (TPSA) is 68.1 Å². The Kier molecular flexibility index (Phi) is 3.89. The molecule has 4 nitrogen and oxygen atoms in total. The highest BCUT2D eigenvalue weighted by Crippen LogP contribution is 2.20. The van der Waals surface area contributed by atoms with Crippen LogP contribution in [0, 0.1) is 0 Å². The van der Waals surface area contributed by atoms with Gasteiger partial charge in [0.25, 0.3) is 0 Å². The first kappa shape index (κ1) is 12.9. The standard InChI is InChI=1S/C13H15ClN2O2/c1-2-18-13(17)11(15)7-10-6-8-5-9(14)3-4-12(8)16-10/h3-6,11,16H,2,7,15H2,1H3. The Hall–Kier alpha value is -1.52. The summed E-state index contributed by atoms with van der Waals surface area (Å²) in [4.78, 5) is 14.6. The van der Waals surface area contributed by atoms with Gasteiger partial charge in [-0.3, -0.25) is 4.79 Å². The van der Waals surface area contributed by atoms with Crippen molar-refractivity contribution in [2.75, 3.05) is 6.61 Å². The Bertz CT molecular complexity index is 565. The molecule has 0 aliphatic carbocycles. The van der Waals surface area contributed by atoms with Crippen LogP contribution in [0.3, 0.4) is 0 Å². The number of carbonyl (C=O) groups is 1. The number of nitrogens with two attached hydrogens (primary N) is 1. The number of H-pyrrole nitrogens is 1. The Morgan fingerprint density at radius 2 is 2.28 bits per heavy atom. The van der Waals surface area contributed by atoms with E-state index in [0.717, 1.165) is 16.6 Å². The first-order valence-electron chi connectivity index (χ1n) is 5.79. The molecule has 0 aliphatic heterocycles. The van der Waals surface area contributed by atoms with Gasteiger partial charge in [-0.2, -0.15) is 0 Å². The van der Waals surface area contributed by atoms with Crippen molar-refractivity contribution in [1.82, 2.24) is 4.98 Å². The van der Waals surface area contributed by atoms with E-state index < -0.39 is 6.04 Å². The lowest BCUT2D eigenvalue weighted by atomic mass is 10.1. The lowest BCUT2D eigenvalue weighted by Gasteiger charge is -2.08. The zero-order valence-electron chi connectivity index (χ0n) is 10.1. The minimum absolute atomic E-state index is 0.342. The van der Waals surface area contributed by atoms with Crippen molar-refractivity contribution < 1.29 is 9.53 Å². The van der Waals surface area contributed by atoms with Crippen molar-refractivity contribution in [1.29, 1.82) is 0 Å². The molecule has 0 amide bonds. The van der Waals surface area contributed by atoms with Crippen LogP contribution >= 0.6 is 11.6 Å². The third kappa shape index (κ3) is 2.83. The Balaban J connectivity index is 2.14. The predicted molar refractivity (Wildman–Crippen MR) is 71.6 cm³/mol. The average molecular weight is 267 g/mol. The molecule has 5 heteroatoms. The molecule has 2 rings (SSSR count). The second kappa shape index (κ2) is 5.42. The fourth-order valence-electron chi connectivity index (χ4n) is 1.84. The number of carbonyl (C=O) groups excluding carboxylic acids is 1. The van der Waals surface area contributed by atoms with Crippen molar-refractivity contribution in [2.45, 2.75) is 19.4 Å². The number of halogens is 1. The summed E-state index contributed by atoms with van der Waals surface area (Å²) in [5.74, 6) is -0.380. The highest BCUT2D eigenvalue weighted by molar-refractivity contribution is 6.31. The fraction of sp³-hybridized carbons (Fsp3) is 0.308. The smallest absolute Gasteiger partial charge is 0.323 e. The first-order chi connectivity index (χ1) is 8.60. The summed E-state index contributed by atoms with van der Waals surface area (Å²) in [6, 6.07) is 6.88. The van der Waals surface area contributed by atoms with E-state index in [4.69, 9.17) is 22.1 Å². The van der Waals surface area contributed by atoms with E-state index >= 15 is 0 Å². The summed E-state index contributed by atoms with van der Waals surface area (Å²) < 4.78 is 4.87. The van der Waals surface area contributed by atoms with Gasteiger partial charge in [0.05, 0.1) is 6.61 Å². The summed E-state index contributed by atoms with van der Waals surface area (Å²) in [5.41, 5.74) is 7.64. The van der Waals surface area contributed by atoms with Crippen LogP contribution in [0.5, 0.6) is 0 Å². The number of aromatic amines is 1. The monoisotopic (exact) mass is 266 g/mol. The van der Waals surface area contributed by atoms with Crippen LogP contribution in [0.4, 0.5) is 0 Å². The second-order valence-corrected chi connectivity index (χ2v) is 4.53. The van der Waals surface area contributed by atoms with E-state index in [-0.39, 0.29) is 5.97 Å². The molecule has 1 atom stereocenters. The number of ether oxygens (including phenoxy) is 1. The maximum Gasteiger partial charge on any atom is 0.323 e. The highest BCUT2D eigenvalue weighted by atomic mass is 35.5. The van der Waals surface area contributed by atoms with Gasteiger partial charge in [0, 0.05) is 28.0 Å². The molecule has 96 valence electrons. The lowest BCUT2D eigenvalue weighted by molar-refractivity contribution is -0.144. The zero-order valence-corrected chi connectivity index (χ0v) is 10.8. The van der Waals surface area contributed by atoms with Crippen molar-refractivity contribution in [3.63, 3.8) is 0 Å². The van der Waals surface area contributed by atoms with E-state index in [0.29, 0.717) is 18.1 Å². The van der Waals surface area contributed by atoms with Crippen molar-refractivity contribution in [2.24, 2.45) is 5.73 Å². The van der Waals surface area contributed by atoms with Crippen LogP contribution in [0.1, 0.15) is 12.6 Å². The molecule has 0 bridgehead atoms. The van der Waals surface area contributed by atoms with Crippen LogP contribution in [-0.4, -0.2) is 23.6 Å². The van der Waals surface area contributed by atoms with Crippen molar-refractivity contribution in [3.8, 4) is 0 Å². The van der Waals surface area contributed by atoms with E-state index in [1.807, 2.05) is 24.3 Å². The molecule has 0 saturated carbocycles. The minimum atomic E-state index is -0.645. The summed E-state index contributed by atoms with van der Waals surface area (Å²) in [6.07, 6.45) is 0.422. The van der Waals surface area contributed by atoms with E-state index in [1.54, 1.807) is 6.92 Å². The number of fused-ring (bicyclic) bond motifs is 1. The summed E-state index contributed by atoms with van der Waals surface area (Å²) in [6.45, 7) is 2.10. The zero-order chi connectivity index (χ0) is 13.1. The van der Waals surface area contributed by atoms with Gasteiger partial charge in [-0.05, 0) is 31.2 Å². The third-order valence-corrected chi connectivity index (χ3v) is 2.90. The molecule has 1 heterocycles. The molecule has 0 spiro atoms. The maximum absolute atomic E-state index is 11.4. The number of esters is 1. The number of rotatable bonds is 4. The molecule has 2 aromatic rings. The number of hydrogen-bond donors (Lipinski definition) is 2. The van der Waals surface area contributed by atoms with Gasteiger partial charge in [0.1, 0.15) is 6.04 Å². The molecular weight excluding hydrogens is 252 g/mol. The van der Waals surface area contributed by atoms with Crippen LogP contribution in [0.2, 0.25) is 5.02 Å². The van der Waals surface area contributed by atoms with Gasteiger partial charge in [0.15, 0.2) is 0 Å². The van der Waals surface area contributed by atoms with Gasteiger partial charge in [-0.15, -0.1) is 0 Å². The van der Waals surface area contributed by atoms with Crippen LogP contribution in [-0.2, 0) is 16.0 Å². The molecule has 0 aliphatic rings. The Labute approximate surface area is 110 Å². The van der Waals surface area contributed by atoms with Gasteiger partial charge in [-0.1, -0.05) is 11.6 Å². The van der Waals surface area contributed by atoms with Crippen LogP contribution in [0.25, 0.3) is 10.9 Å².